The lowest BCUT2D eigenvalue weighted by atomic mass is 10.0. The van der Waals surface area contributed by atoms with Crippen molar-refractivity contribution >= 4 is 23.2 Å². The highest BCUT2D eigenvalue weighted by Crippen LogP contribution is 2.34. The number of rotatable bonds is 4. The third-order valence-electron chi connectivity index (χ3n) is 3.08. The van der Waals surface area contributed by atoms with Gasteiger partial charge in [0.15, 0.2) is 0 Å². The lowest BCUT2D eigenvalue weighted by Crippen LogP contribution is -2.00. The minimum atomic E-state index is -0.158. The van der Waals surface area contributed by atoms with E-state index in [0.29, 0.717) is 6.42 Å². The average molecular weight is 295 g/mol. The molecule has 1 unspecified atom stereocenters. The maximum Gasteiger partial charge on any atom is 0.123 e. The molecule has 0 saturated carbocycles. The summed E-state index contributed by atoms with van der Waals surface area (Å²) >= 11 is 12.7. The van der Waals surface area contributed by atoms with Gasteiger partial charge in [-0.05, 0) is 31.0 Å². The highest BCUT2D eigenvalue weighted by atomic mass is 35.5. The molecule has 0 bridgehead atoms. The third kappa shape index (κ3) is 3.43. The highest BCUT2D eigenvalue weighted by molar-refractivity contribution is 6.31. The molecule has 2 rings (SSSR count). The Hall–Kier alpha value is -1.18. The Morgan fingerprint density at radius 3 is 2.58 bits per heavy atom. The van der Waals surface area contributed by atoms with Crippen LogP contribution in [0.3, 0.4) is 0 Å². The summed E-state index contributed by atoms with van der Waals surface area (Å²) in [6.45, 7) is 2.04. The maximum atomic E-state index is 6.53. The molecule has 0 radical (unpaired) electrons. The van der Waals surface area contributed by atoms with Crippen LogP contribution in [0, 0.1) is 6.92 Å². The molecule has 0 spiro atoms. The molecule has 0 aliphatic carbocycles. The molecular weight excluding hydrogens is 279 g/mol. The predicted octanol–water partition coefficient (Wildman–Crippen LogP) is 5.18. The zero-order chi connectivity index (χ0) is 13.8. The number of hydrogen-bond acceptors (Lipinski definition) is 1. The fourth-order valence-corrected chi connectivity index (χ4v) is 2.62. The van der Waals surface area contributed by atoms with E-state index in [1.165, 1.54) is 5.56 Å². The van der Waals surface area contributed by atoms with Crippen molar-refractivity contribution in [1.82, 2.24) is 0 Å². The van der Waals surface area contributed by atoms with Gasteiger partial charge < -0.3 is 4.74 Å². The zero-order valence-electron chi connectivity index (χ0n) is 11.0. The molecule has 0 N–H and O–H groups in total. The largest absolute Gasteiger partial charge is 0.496 e. The van der Waals surface area contributed by atoms with Crippen LogP contribution in [-0.4, -0.2) is 7.11 Å². The summed E-state index contributed by atoms with van der Waals surface area (Å²) < 4.78 is 5.37. The van der Waals surface area contributed by atoms with Gasteiger partial charge in [-0.3, -0.25) is 0 Å². The van der Waals surface area contributed by atoms with Gasteiger partial charge in [0.2, 0.25) is 0 Å². The quantitative estimate of drug-likeness (QED) is 0.706. The summed E-state index contributed by atoms with van der Waals surface area (Å²) in [5.41, 5.74) is 3.22. The smallest absolute Gasteiger partial charge is 0.123 e. The predicted molar refractivity (Wildman–Crippen MR) is 81.5 cm³/mol. The van der Waals surface area contributed by atoms with E-state index in [4.69, 9.17) is 27.9 Å². The van der Waals surface area contributed by atoms with Gasteiger partial charge in [0.1, 0.15) is 5.75 Å². The Morgan fingerprint density at radius 2 is 1.89 bits per heavy atom. The number of alkyl halides is 1. The number of halogens is 2. The van der Waals surface area contributed by atoms with Gasteiger partial charge >= 0.3 is 0 Å². The molecule has 19 heavy (non-hydrogen) atoms. The van der Waals surface area contributed by atoms with Gasteiger partial charge in [-0.2, -0.15) is 0 Å². The van der Waals surface area contributed by atoms with Gasteiger partial charge in [0.05, 0.1) is 12.5 Å². The molecule has 0 aliphatic heterocycles. The molecule has 0 aliphatic rings. The topological polar surface area (TPSA) is 9.23 Å². The van der Waals surface area contributed by atoms with E-state index in [9.17, 15) is 0 Å². The van der Waals surface area contributed by atoms with Gasteiger partial charge in [-0.1, -0.05) is 47.5 Å². The van der Waals surface area contributed by atoms with Crippen molar-refractivity contribution in [3.8, 4) is 5.75 Å². The van der Waals surface area contributed by atoms with Gasteiger partial charge in [-0.25, -0.2) is 0 Å². The first-order valence-electron chi connectivity index (χ1n) is 6.14. The summed E-state index contributed by atoms with van der Waals surface area (Å²) in [5.74, 6) is 0.817. The van der Waals surface area contributed by atoms with Crippen molar-refractivity contribution < 1.29 is 4.74 Å². The minimum absolute atomic E-state index is 0.158. The van der Waals surface area contributed by atoms with Crippen LogP contribution in [-0.2, 0) is 6.42 Å². The van der Waals surface area contributed by atoms with Crippen LogP contribution in [0.1, 0.15) is 22.1 Å². The van der Waals surface area contributed by atoms with E-state index >= 15 is 0 Å². The number of ether oxygens (including phenoxy) is 1. The van der Waals surface area contributed by atoms with E-state index in [0.717, 1.165) is 21.9 Å². The fourth-order valence-electron chi connectivity index (χ4n) is 2.07. The van der Waals surface area contributed by atoms with Crippen LogP contribution < -0.4 is 4.74 Å². The first kappa shape index (κ1) is 14.2. The Labute approximate surface area is 124 Å². The molecule has 0 aromatic heterocycles. The van der Waals surface area contributed by atoms with Crippen molar-refractivity contribution in [1.29, 1.82) is 0 Å². The number of hydrogen-bond donors (Lipinski definition) is 0. The van der Waals surface area contributed by atoms with Crippen molar-refractivity contribution in [2.45, 2.75) is 18.7 Å². The first-order valence-corrected chi connectivity index (χ1v) is 6.95. The van der Waals surface area contributed by atoms with Crippen molar-refractivity contribution in [3.05, 3.63) is 64.2 Å². The van der Waals surface area contributed by atoms with Crippen LogP contribution in [0.25, 0.3) is 0 Å². The van der Waals surface area contributed by atoms with Crippen LogP contribution in [0.4, 0.5) is 0 Å². The number of methoxy groups -OCH3 is 1. The standard InChI is InChI=1S/C16H16Cl2O/c1-11-7-8-16(19-2)13(9-11)15(18)10-12-5-3-4-6-14(12)17/h3-9,15H,10H2,1-2H3. The van der Waals surface area contributed by atoms with Crippen LogP contribution >= 0.6 is 23.2 Å². The normalized spacial score (nSPS) is 12.2. The van der Waals surface area contributed by atoms with E-state index in [1.54, 1.807) is 7.11 Å². The molecule has 0 fully saturated rings. The van der Waals surface area contributed by atoms with E-state index in [2.05, 4.69) is 6.07 Å². The second-order valence-electron chi connectivity index (χ2n) is 4.51. The van der Waals surface area contributed by atoms with Gasteiger partial charge in [0.25, 0.3) is 0 Å². The summed E-state index contributed by atoms with van der Waals surface area (Å²) in [6, 6.07) is 13.8. The molecule has 0 heterocycles. The fraction of sp³-hybridized carbons (Fsp3) is 0.250. The highest BCUT2D eigenvalue weighted by Gasteiger charge is 2.15. The molecule has 1 atom stereocenters. The third-order valence-corrected chi connectivity index (χ3v) is 3.84. The molecular formula is C16H16Cl2O. The number of benzene rings is 2. The second kappa shape index (κ2) is 6.31. The summed E-state index contributed by atoms with van der Waals surface area (Å²) in [4.78, 5) is 0. The van der Waals surface area contributed by atoms with Gasteiger partial charge in [-0.15, -0.1) is 11.6 Å². The maximum absolute atomic E-state index is 6.53. The lowest BCUT2D eigenvalue weighted by molar-refractivity contribution is 0.409. The van der Waals surface area contributed by atoms with Crippen molar-refractivity contribution in [2.75, 3.05) is 7.11 Å². The molecule has 3 heteroatoms. The van der Waals surface area contributed by atoms with E-state index in [-0.39, 0.29) is 5.38 Å². The Balaban J connectivity index is 2.27. The minimum Gasteiger partial charge on any atom is -0.496 e. The van der Waals surface area contributed by atoms with Crippen LogP contribution in [0.2, 0.25) is 5.02 Å². The monoisotopic (exact) mass is 294 g/mol. The lowest BCUT2D eigenvalue weighted by Gasteiger charge is -2.15. The van der Waals surface area contributed by atoms with Crippen molar-refractivity contribution in [3.63, 3.8) is 0 Å². The van der Waals surface area contributed by atoms with Gasteiger partial charge in [0, 0.05) is 10.6 Å². The van der Waals surface area contributed by atoms with Crippen LogP contribution in [0.15, 0.2) is 42.5 Å². The Kier molecular flexibility index (Phi) is 4.73. The average Bonchev–Trinajstić information content (AvgIpc) is 2.41. The summed E-state index contributed by atoms with van der Waals surface area (Å²) in [7, 11) is 1.66. The Bertz CT molecular complexity index is 566. The first-order chi connectivity index (χ1) is 9.11. The molecule has 0 amide bonds. The SMILES string of the molecule is COc1ccc(C)cc1C(Cl)Cc1ccccc1Cl. The van der Waals surface area contributed by atoms with E-state index in [1.807, 2.05) is 43.3 Å². The molecule has 2 aromatic rings. The molecule has 100 valence electrons. The molecule has 1 nitrogen and oxygen atoms in total. The zero-order valence-corrected chi connectivity index (χ0v) is 12.5. The second-order valence-corrected chi connectivity index (χ2v) is 5.44. The van der Waals surface area contributed by atoms with E-state index < -0.39 is 0 Å². The summed E-state index contributed by atoms with van der Waals surface area (Å²) in [6.07, 6.45) is 0.682. The number of aryl methyl sites for hydroxylation is 1. The molecule has 0 saturated heterocycles. The summed E-state index contributed by atoms with van der Waals surface area (Å²) in [5, 5.41) is 0.592. The van der Waals surface area contributed by atoms with Crippen LogP contribution in [0.5, 0.6) is 5.75 Å². The molecule has 2 aromatic carbocycles. The Morgan fingerprint density at radius 1 is 1.16 bits per heavy atom. The van der Waals surface area contributed by atoms with Crippen molar-refractivity contribution in [2.24, 2.45) is 0 Å².